The summed E-state index contributed by atoms with van der Waals surface area (Å²) in [6.07, 6.45) is 0. The molecule has 0 saturated heterocycles. The zero-order valence-electron chi connectivity index (χ0n) is 11.5. The Morgan fingerprint density at radius 1 is 1.14 bits per heavy atom. The van der Waals surface area contributed by atoms with Crippen molar-refractivity contribution in [3.8, 4) is 6.07 Å². The number of hydrogen-bond donors (Lipinski definition) is 0. The molecule has 0 aliphatic heterocycles. The second kappa shape index (κ2) is 5.71. The van der Waals surface area contributed by atoms with E-state index in [2.05, 4.69) is 0 Å². The molecule has 1 amide bonds. The maximum atomic E-state index is 14.0. The van der Waals surface area contributed by atoms with Crippen molar-refractivity contribution in [3.05, 3.63) is 64.7 Å². The number of aryl methyl sites for hydroxylation is 1. The number of amides is 1. The van der Waals surface area contributed by atoms with Gasteiger partial charge in [-0.3, -0.25) is 4.79 Å². The summed E-state index contributed by atoms with van der Waals surface area (Å²) in [7, 11) is 1.42. The van der Waals surface area contributed by atoms with Gasteiger partial charge in [0, 0.05) is 12.7 Å². The van der Waals surface area contributed by atoms with E-state index in [9.17, 15) is 13.6 Å². The molecule has 3 nitrogen and oxygen atoms in total. The molecule has 0 heterocycles. The van der Waals surface area contributed by atoms with Gasteiger partial charge in [0.15, 0.2) is 0 Å². The summed E-state index contributed by atoms with van der Waals surface area (Å²) in [5.74, 6) is -2.54. The van der Waals surface area contributed by atoms with Crippen molar-refractivity contribution >= 4 is 11.6 Å². The lowest BCUT2D eigenvalue weighted by molar-refractivity contribution is 0.0984. The van der Waals surface area contributed by atoms with Crippen molar-refractivity contribution < 1.29 is 13.6 Å². The molecule has 0 aliphatic rings. The fraction of sp³-hybridized carbons (Fsp3) is 0.125. The number of benzene rings is 2. The van der Waals surface area contributed by atoms with Gasteiger partial charge in [-0.15, -0.1) is 0 Å². The Kier molecular flexibility index (Phi) is 3.99. The zero-order chi connectivity index (χ0) is 15.6. The highest BCUT2D eigenvalue weighted by molar-refractivity contribution is 6.06. The third kappa shape index (κ3) is 2.75. The van der Waals surface area contributed by atoms with Crippen LogP contribution in [0.2, 0.25) is 0 Å². The summed E-state index contributed by atoms with van der Waals surface area (Å²) in [5.41, 5.74) is 0.502. The van der Waals surface area contributed by atoms with E-state index < -0.39 is 23.1 Å². The molecule has 0 aliphatic carbocycles. The Morgan fingerprint density at radius 2 is 1.76 bits per heavy atom. The fourth-order valence-electron chi connectivity index (χ4n) is 1.90. The van der Waals surface area contributed by atoms with Gasteiger partial charge in [-0.25, -0.2) is 8.78 Å². The molecule has 0 atom stereocenters. The standard InChI is InChI=1S/C16H12F2N2O/c1-10-3-8-13(17)14(15(10)18)16(21)20(2)12-6-4-11(9-19)5-7-12/h3-8H,1-2H3. The fourth-order valence-corrected chi connectivity index (χ4v) is 1.90. The SMILES string of the molecule is Cc1ccc(F)c(C(=O)N(C)c2ccc(C#N)cc2)c1F. The van der Waals surface area contributed by atoms with Gasteiger partial charge in [0.2, 0.25) is 0 Å². The summed E-state index contributed by atoms with van der Waals surface area (Å²) in [6.45, 7) is 1.47. The Balaban J connectivity index is 2.40. The average molecular weight is 286 g/mol. The first-order valence-electron chi connectivity index (χ1n) is 6.18. The summed E-state index contributed by atoms with van der Waals surface area (Å²) in [5, 5.41) is 8.73. The highest BCUT2D eigenvalue weighted by Crippen LogP contribution is 2.21. The van der Waals surface area contributed by atoms with Crippen LogP contribution in [0.25, 0.3) is 0 Å². The van der Waals surface area contributed by atoms with E-state index in [4.69, 9.17) is 5.26 Å². The number of anilines is 1. The van der Waals surface area contributed by atoms with Crippen LogP contribution in [0.5, 0.6) is 0 Å². The summed E-state index contributed by atoms with van der Waals surface area (Å²) >= 11 is 0. The quantitative estimate of drug-likeness (QED) is 0.849. The highest BCUT2D eigenvalue weighted by Gasteiger charge is 2.23. The van der Waals surface area contributed by atoms with Crippen molar-refractivity contribution in [1.82, 2.24) is 0 Å². The number of rotatable bonds is 2. The molecule has 0 aromatic heterocycles. The second-order valence-corrected chi connectivity index (χ2v) is 4.58. The molecular weight excluding hydrogens is 274 g/mol. The lowest BCUT2D eigenvalue weighted by Crippen LogP contribution is -2.28. The summed E-state index contributed by atoms with van der Waals surface area (Å²) < 4.78 is 27.7. The van der Waals surface area contributed by atoms with E-state index in [0.717, 1.165) is 11.0 Å². The van der Waals surface area contributed by atoms with E-state index in [1.807, 2.05) is 6.07 Å². The van der Waals surface area contributed by atoms with Gasteiger partial charge in [0.05, 0.1) is 11.6 Å². The van der Waals surface area contributed by atoms with Crippen LogP contribution in [0, 0.1) is 29.9 Å². The molecule has 21 heavy (non-hydrogen) atoms. The minimum Gasteiger partial charge on any atom is -0.311 e. The molecule has 2 aromatic carbocycles. The van der Waals surface area contributed by atoms with E-state index >= 15 is 0 Å². The Morgan fingerprint density at radius 3 is 2.33 bits per heavy atom. The summed E-state index contributed by atoms with van der Waals surface area (Å²) in [6, 6.07) is 10.5. The van der Waals surface area contributed by atoms with Crippen molar-refractivity contribution in [2.75, 3.05) is 11.9 Å². The van der Waals surface area contributed by atoms with E-state index in [-0.39, 0.29) is 5.56 Å². The second-order valence-electron chi connectivity index (χ2n) is 4.58. The molecule has 0 radical (unpaired) electrons. The number of nitriles is 1. The van der Waals surface area contributed by atoms with Crippen LogP contribution < -0.4 is 4.90 Å². The number of hydrogen-bond acceptors (Lipinski definition) is 2. The van der Waals surface area contributed by atoms with Gasteiger partial charge >= 0.3 is 0 Å². The molecule has 106 valence electrons. The Bertz CT molecular complexity index is 733. The molecule has 2 rings (SSSR count). The Labute approximate surface area is 121 Å². The van der Waals surface area contributed by atoms with Crippen molar-refractivity contribution in [1.29, 1.82) is 5.26 Å². The predicted octanol–water partition coefficient (Wildman–Crippen LogP) is 3.42. The van der Waals surface area contributed by atoms with Crippen LogP contribution in [0.4, 0.5) is 14.5 Å². The van der Waals surface area contributed by atoms with E-state index in [1.165, 1.54) is 32.2 Å². The normalized spacial score (nSPS) is 10.0. The van der Waals surface area contributed by atoms with Gasteiger partial charge in [-0.05, 0) is 42.8 Å². The molecule has 2 aromatic rings. The average Bonchev–Trinajstić information content (AvgIpc) is 2.50. The van der Waals surface area contributed by atoms with Gasteiger partial charge in [-0.2, -0.15) is 5.26 Å². The van der Waals surface area contributed by atoms with Crippen LogP contribution in [0.15, 0.2) is 36.4 Å². The highest BCUT2D eigenvalue weighted by atomic mass is 19.1. The molecule has 0 N–H and O–H groups in total. The van der Waals surface area contributed by atoms with Crippen molar-refractivity contribution in [2.24, 2.45) is 0 Å². The lowest BCUT2D eigenvalue weighted by Gasteiger charge is -2.18. The molecular formula is C16H12F2N2O. The largest absolute Gasteiger partial charge is 0.311 e. The predicted molar refractivity (Wildman–Crippen MR) is 75.0 cm³/mol. The minimum absolute atomic E-state index is 0.202. The maximum Gasteiger partial charge on any atom is 0.263 e. The number of halogens is 2. The first-order valence-corrected chi connectivity index (χ1v) is 6.18. The third-order valence-corrected chi connectivity index (χ3v) is 3.19. The molecule has 0 spiro atoms. The molecule has 0 unspecified atom stereocenters. The van der Waals surface area contributed by atoms with Gasteiger partial charge in [0.1, 0.15) is 17.2 Å². The van der Waals surface area contributed by atoms with Crippen molar-refractivity contribution in [3.63, 3.8) is 0 Å². The Hall–Kier alpha value is -2.74. The van der Waals surface area contributed by atoms with Gasteiger partial charge in [0.25, 0.3) is 5.91 Å². The van der Waals surface area contributed by atoms with E-state index in [1.54, 1.807) is 12.1 Å². The minimum atomic E-state index is -0.899. The van der Waals surface area contributed by atoms with Crippen LogP contribution in [0.1, 0.15) is 21.5 Å². The van der Waals surface area contributed by atoms with E-state index in [0.29, 0.717) is 11.3 Å². The van der Waals surface area contributed by atoms with Crippen LogP contribution in [0.3, 0.4) is 0 Å². The molecule has 0 saturated carbocycles. The number of carbonyl (C=O) groups excluding carboxylic acids is 1. The monoisotopic (exact) mass is 286 g/mol. The van der Waals surface area contributed by atoms with Crippen LogP contribution >= 0.6 is 0 Å². The van der Waals surface area contributed by atoms with Gasteiger partial charge in [-0.1, -0.05) is 6.07 Å². The first-order chi connectivity index (χ1) is 9.95. The summed E-state index contributed by atoms with van der Waals surface area (Å²) in [4.78, 5) is 13.4. The van der Waals surface area contributed by atoms with Crippen LogP contribution in [-0.4, -0.2) is 13.0 Å². The van der Waals surface area contributed by atoms with Crippen LogP contribution in [-0.2, 0) is 0 Å². The van der Waals surface area contributed by atoms with Gasteiger partial charge < -0.3 is 4.90 Å². The van der Waals surface area contributed by atoms with Crippen molar-refractivity contribution in [2.45, 2.75) is 6.92 Å². The first kappa shape index (κ1) is 14.7. The zero-order valence-corrected chi connectivity index (χ0v) is 11.5. The number of nitrogens with zero attached hydrogens (tertiary/aromatic N) is 2. The molecule has 0 bridgehead atoms. The third-order valence-electron chi connectivity index (χ3n) is 3.19. The smallest absolute Gasteiger partial charge is 0.263 e. The maximum absolute atomic E-state index is 14.0. The lowest BCUT2D eigenvalue weighted by atomic mass is 10.1. The molecule has 5 heteroatoms. The number of carbonyl (C=O) groups is 1. The topological polar surface area (TPSA) is 44.1 Å². The molecule has 0 fully saturated rings.